The smallest absolute Gasteiger partial charge is 0.257 e. The average Bonchev–Trinajstić information content (AvgIpc) is 2.92. The van der Waals surface area contributed by atoms with Crippen LogP contribution >= 0.6 is 0 Å². The molecule has 0 radical (unpaired) electrons. The molecular weight excluding hydrogens is 292 g/mol. The molecule has 21 heavy (non-hydrogen) atoms. The molecule has 8 heteroatoms. The molecule has 0 amide bonds. The Balaban J connectivity index is 2.44. The quantitative estimate of drug-likeness (QED) is 0.500. The van der Waals surface area contributed by atoms with Crippen LogP contribution in [0.1, 0.15) is 38.7 Å². The predicted octanol–water partition coefficient (Wildman–Crippen LogP) is 1.00. The van der Waals surface area contributed by atoms with Crippen LogP contribution in [0.15, 0.2) is 11.2 Å². The molecule has 1 heterocycles. The second-order valence-electron chi connectivity index (χ2n) is 4.76. The maximum atomic E-state index is 12.2. The van der Waals surface area contributed by atoms with Crippen molar-refractivity contribution in [3.63, 3.8) is 0 Å². The first kappa shape index (κ1) is 18.1. The first-order valence-electron chi connectivity index (χ1n) is 7.42. The third-order valence-electron chi connectivity index (χ3n) is 2.80. The van der Waals surface area contributed by atoms with E-state index < -0.39 is 10.0 Å². The van der Waals surface area contributed by atoms with Gasteiger partial charge in [-0.3, -0.25) is 5.10 Å². The van der Waals surface area contributed by atoms with E-state index in [4.69, 9.17) is 4.74 Å². The molecule has 0 aliphatic rings. The highest BCUT2D eigenvalue weighted by Gasteiger charge is 2.19. The fourth-order valence-corrected chi connectivity index (χ4v) is 2.96. The summed E-state index contributed by atoms with van der Waals surface area (Å²) >= 11 is 0. The highest BCUT2D eigenvalue weighted by molar-refractivity contribution is 7.89. The van der Waals surface area contributed by atoms with Gasteiger partial charge in [-0.25, -0.2) is 13.1 Å². The summed E-state index contributed by atoms with van der Waals surface area (Å²) in [5.41, 5.74) is 0.651. The van der Waals surface area contributed by atoms with Crippen LogP contribution < -0.4 is 10.0 Å². The van der Waals surface area contributed by atoms with E-state index in [2.05, 4.69) is 27.2 Å². The lowest BCUT2D eigenvalue weighted by atomic mass is 10.3. The van der Waals surface area contributed by atoms with E-state index in [0.717, 1.165) is 19.4 Å². The van der Waals surface area contributed by atoms with Crippen LogP contribution in [0, 0.1) is 0 Å². The zero-order chi connectivity index (χ0) is 15.6. The standard InChI is InChI=1S/C13H26N4O3S/c1-3-6-14-10-12-11-15-17-13(12)21(18,19)16-7-5-9-20-8-4-2/h11,14,16H,3-10H2,1-2H3,(H,15,17). The molecule has 0 fully saturated rings. The lowest BCUT2D eigenvalue weighted by Crippen LogP contribution is -2.27. The Hall–Kier alpha value is -0.960. The molecule has 1 rings (SSSR count). The fraction of sp³-hybridized carbons (Fsp3) is 0.769. The molecule has 0 bridgehead atoms. The number of ether oxygens (including phenoxy) is 1. The second-order valence-corrected chi connectivity index (χ2v) is 6.47. The first-order chi connectivity index (χ1) is 10.1. The highest BCUT2D eigenvalue weighted by Crippen LogP contribution is 2.11. The summed E-state index contributed by atoms with van der Waals surface area (Å²) in [6, 6.07) is 0. The summed E-state index contributed by atoms with van der Waals surface area (Å²) in [5, 5.41) is 9.70. The summed E-state index contributed by atoms with van der Waals surface area (Å²) in [6.07, 6.45) is 4.16. The Bertz CT molecular complexity index is 487. The van der Waals surface area contributed by atoms with Crippen molar-refractivity contribution in [2.75, 3.05) is 26.3 Å². The number of rotatable bonds is 12. The van der Waals surface area contributed by atoms with Crippen molar-refractivity contribution in [1.29, 1.82) is 0 Å². The van der Waals surface area contributed by atoms with E-state index in [1.165, 1.54) is 0 Å². The van der Waals surface area contributed by atoms with E-state index in [9.17, 15) is 8.42 Å². The summed E-state index contributed by atoms with van der Waals surface area (Å²) in [6.45, 7) is 7.04. The van der Waals surface area contributed by atoms with Crippen molar-refractivity contribution in [1.82, 2.24) is 20.2 Å². The number of hydrogen-bond acceptors (Lipinski definition) is 5. The van der Waals surface area contributed by atoms with Gasteiger partial charge in [-0.05, 0) is 25.8 Å². The maximum absolute atomic E-state index is 12.2. The van der Waals surface area contributed by atoms with Gasteiger partial charge in [0, 0.05) is 31.9 Å². The molecule has 0 unspecified atom stereocenters. The van der Waals surface area contributed by atoms with E-state index in [0.29, 0.717) is 38.3 Å². The Morgan fingerprint density at radius 3 is 2.76 bits per heavy atom. The van der Waals surface area contributed by atoms with Crippen LogP contribution in [-0.4, -0.2) is 44.9 Å². The van der Waals surface area contributed by atoms with E-state index in [-0.39, 0.29) is 5.03 Å². The molecule has 0 aliphatic heterocycles. The Kier molecular flexibility index (Phi) is 8.51. The van der Waals surface area contributed by atoms with Gasteiger partial charge in [0.05, 0.1) is 6.20 Å². The SMILES string of the molecule is CCCNCc1cn[nH]c1S(=O)(=O)NCCCOCCC. The zero-order valence-electron chi connectivity index (χ0n) is 12.8. The first-order valence-corrected chi connectivity index (χ1v) is 8.90. The van der Waals surface area contributed by atoms with Crippen LogP contribution in [0.2, 0.25) is 0 Å². The van der Waals surface area contributed by atoms with E-state index in [1.54, 1.807) is 6.20 Å². The zero-order valence-corrected chi connectivity index (χ0v) is 13.6. The van der Waals surface area contributed by atoms with E-state index >= 15 is 0 Å². The van der Waals surface area contributed by atoms with Gasteiger partial charge >= 0.3 is 0 Å². The number of nitrogens with one attached hydrogen (secondary N) is 3. The lowest BCUT2D eigenvalue weighted by Gasteiger charge is -2.08. The number of H-pyrrole nitrogens is 1. The summed E-state index contributed by atoms with van der Waals surface area (Å²) in [4.78, 5) is 0. The molecule has 0 saturated heterocycles. The molecule has 0 spiro atoms. The van der Waals surface area contributed by atoms with Gasteiger partial charge in [-0.1, -0.05) is 13.8 Å². The normalized spacial score (nSPS) is 11.9. The molecule has 122 valence electrons. The fourth-order valence-electron chi connectivity index (χ4n) is 1.76. The van der Waals surface area contributed by atoms with Crippen LogP contribution in [0.5, 0.6) is 0 Å². The van der Waals surface area contributed by atoms with Gasteiger partial charge in [-0.15, -0.1) is 0 Å². The van der Waals surface area contributed by atoms with Gasteiger partial charge in [0.1, 0.15) is 0 Å². The van der Waals surface area contributed by atoms with Crippen LogP contribution in [-0.2, 0) is 21.3 Å². The monoisotopic (exact) mass is 318 g/mol. The number of aromatic nitrogens is 2. The predicted molar refractivity (Wildman–Crippen MR) is 81.5 cm³/mol. The van der Waals surface area contributed by atoms with Gasteiger partial charge in [0.2, 0.25) is 0 Å². The molecule has 0 aromatic carbocycles. The molecule has 3 N–H and O–H groups in total. The van der Waals surface area contributed by atoms with Gasteiger partial charge < -0.3 is 10.1 Å². The van der Waals surface area contributed by atoms with Crippen molar-refractivity contribution in [3.05, 3.63) is 11.8 Å². The van der Waals surface area contributed by atoms with Crippen molar-refractivity contribution >= 4 is 10.0 Å². The van der Waals surface area contributed by atoms with Crippen LogP contribution in [0.25, 0.3) is 0 Å². The van der Waals surface area contributed by atoms with Crippen molar-refractivity contribution in [2.24, 2.45) is 0 Å². The van der Waals surface area contributed by atoms with E-state index in [1.807, 2.05) is 6.92 Å². The molecule has 7 nitrogen and oxygen atoms in total. The third-order valence-corrected chi connectivity index (χ3v) is 4.27. The molecule has 1 aromatic heterocycles. The van der Waals surface area contributed by atoms with Gasteiger partial charge in [-0.2, -0.15) is 5.10 Å². The van der Waals surface area contributed by atoms with Gasteiger partial charge in [0.25, 0.3) is 10.0 Å². The number of aromatic amines is 1. The van der Waals surface area contributed by atoms with Gasteiger partial charge in [0.15, 0.2) is 5.03 Å². The number of nitrogens with zero attached hydrogens (tertiary/aromatic N) is 1. The lowest BCUT2D eigenvalue weighted by molar-refractivity contribution is 0.133. The highest BCUT2D eigenvalue weighted by atomic mass is 32.2. The van der Waals surface area contributed by atoms with Crippen LogP contribution in [0.3, 0.4) is 0 Å². The van der Waals surface area contributed by atoms with Crippen molar-refractivity contribution in [2.45, 2.75) is 44.7 Å². The number of hydrogen-bond donors (Lipinski definition) is 3. The Labute approximate surface area is 126 Å². The summed E-state index contributed by atoms with van der Waals surface area (Å²) < 4.78 is 32.2. The Morgan fingerprint density at radius 1 is 1.24 bits per heavy atom. The summed E-state index contributed by atoms with van der Waals surface area (Å²) in [5.74, 6) is 0. The second kappa shape index (κ2) is 9.88. The largest absolute Gasteiger partial charge is 0.381 e. The molecule has 0 atom stereocenters. The minimum atomic E-state index is -3.54. The van der Waals surface area contributed by atoms with Crippen LogP contribution in [0.4, 0.5) is 0 Å². The maximum Gasteiger partial charge on any atom is 0.257 e. The minimum Gasteiger partial charge on any atom is -0.381 e. The topological polar surface area (TPSA) is 96.1 Å². The average molecular weight is 318 g/mol. The summed E-state index contributed by atoms with van der Waals surface area (Å²) in [7, 11) is -3.54. The molecule has 0 saturated carbocycles. The molecule has 0 aliphatic carbocycles. The number of sulfonamides is 1. The molecular formula is C13H26N4O3S. The minimum absolute atomic E-state index is 0.139. The Morgan fingerprint density at radius 2 is 2.05 bits per heavy atom. The molecule has 1 aromatic rings. The van der Waals surface area contributed by atoms with Crippen molar-refractivity contribution < 1.29 is 13.2 Å². The third kappa shape index (κ3) is 6.56. The van der Waals surface area contributed by atoms with Crippen molar-refractivity contribution in [3.8, 4) is 0 Å².